The molecule has 0 aromatic heterocycles. The maximum Gasteiger partial charge on any atom is 0.253 e. The molecule has 1 amide bonds. The molecule has 0 unspecified atom stereocenters. The van der Waals surface area contributed by atoms with Crippen LogP contribution in [0, 0.1) is 12.8 Å². The Kier molecular flexibility index (Phi) is 6.64. The lowest BCUT2D eigenvalue weighted by Crippen LogP contribution is -2.49. The number of hydrogen-bond acceptors (Lipinski definition) is 3. The molecule has 0 aliphatic carbocycles. The van der Waals surface area contributed by atoms with Gasteiger partial charge >= 0.3 is 0 Å². The third kappa shape index (κ3) is 4.98. The Hall–Kier alpha value is -2.04. The molecule has 0 bridgehead atoms. The molecule has 30 heavy (non-hydrogen) atoms. The van der Waals surface area contributed by atoms with Crippen LogP contribution in [-0.2, 0) is 6.54 Å². The maximum atomic E-state index is 13.0. The topological polar surface area (TPSA) is 26.8 Å². The number of carbonyl (C=O) groups excluding carboxylic acids is 1. The molecule has 0 spiro atoms. The first-order valence-electron chi connectivity index (χ1n) is 11.1. The molecular weight excluding hydrogens is 394 g/mol. The number of piperazine rings is 1. The van der Waals surface area contributed by atoms with Crippen molar-refractivity contribution in [3.05, 3.63) is 64.2 Å². The van der Waals surface area contributed by atoms with Crippen LogP contribution < -0.4 is 4.90 Å². The van der Waals surface area contributed by atoms with Gasteiger partial charge in [-0.2, -0.15) is 0 Å². The summed E-state index contributed by atoms with van der Waals surface area (Å²) in [6, 6.07) is 14.2. The Bertz CT molecular complexity index is 866. The van der Waals surface area contributed by atoms with Crippen LogP contribution >= 0.6 is 11.6 Å². The fourth-order valence-corrected chi connectivity index (χ4v) is 4.65. The van der Waals surface area contributed by atoms with Crippen molar-refractivity contribution in [3.8, 4) is 0 Å². The number of carbonyl (C=O) groups is 1. The predicted octanol–water partition coefficient (Wildman–Crippen LogP) is 4.84. The van der Waals surface area contributed by atoms with Crippen LogP contribution in [0.5, 0.6) is 0 Å². The summed E-state index contributed by atoms with van der Waals surface area (Å²) in [5.74, 6) is 0.986. The van der Waals surface area contributed by atoms with Crippen molar-refractivity contribution in [2.75, 3.05) is 44.2 Å². The van der Waals surface area contributed by atoms with Crippen LogP contribution in [0.3, 0.4) is 0 Å². The monoisotopic (exact) mass is 425 g/mol. The number of nitrogens with zero attached hydrogens (tertiary/aromatic N) is 3. The summed E-state index contributed by atoms with van der Waals surface area (Å²) in [6.45, 7) is 10.9. The van der Waals surface area contributed by atoms with Gasteiger partial charge in [-0.15, -0.1) is 0 Å². The highest BCUT2D eigenvalue weighted by molar-refractivity contribution is 6.30. The SMILES string of the molecule is Cc1ccc(Cl)cc1N1CCN(C(=O)c2ccc(CN3CCC(C)CC3)cc2)CC1. The van der Waals surface area contributed by atoms with Crippen LogP contribution in [0.25, 0.3) is 0 Å². The van der Waals surface area contributed by atoms with Crippen molar-refractivity contribution < 1.29 is 4.79 Å². The number of piperidine rings is 1. The second-order valence-electron chi connectivity index (χ2n) is 8.87. The van der Waals surface area contributed by atoms with Gasteiger partial charge in [0.1, 0.15) is 0 Å². The summed E-state index contributed by atoms with van der Waals surface area (Å²) in [7, 11) is 0. The van der Waals surface area contributed by atoms with Gasteiger partial charge in [-0.1, -0.05) is 36.7 Å². The fraction of sp³-hybridized carbons (Fsp3) is 0.480. The zero-order valence-electron chi connectivity index (χ0n) is 18.1. The molecular formula is C25H32ClN3O. The summed E-state index contributed by atoms with van der Waals surface area (Å²) in [5.41, 5.74) is 4.48. The summed E-state index contributed by atoms with van der Waals surface area (Å²) < 4.78 is 0. The molecule has 4 nitrogen and oxygen atoms in total. The molecule has 0 N–H and O–H groups in total. The van der Waals surface area contributed by atoms with Crippen LogP contribution in [0.2, 0.25) is 5.02 Å². The number of rotatable bonds is 4. The second-order valence-corrected chi connectivity index (χ2v) is 9.30. The second kappa shape index (κ2) is 9.40. The lowest BCUT2D eigenvalue weighted by molar-refractivity contribution is 0.0746. The average Bonchev–Trinajstić information content (AvgIpc) is 2.77. The molecule has 2 saturated heterocycles. The van der Waals surface area contributed by atoms with Gasteiger partial charge in [-0.05, 0) is 74.2 Å². The number of halogens is 1. The Morgan fingerprint density at radius 2 is 1.63 bits per heavy atom. The van der Waals surface area contributed by atoms with Crippen LogP contribution in [-0.4, -0.2) is 55.0 Å². The van der Waals surface area contributed by atoms with E-state index < -0.39 is 0 Å². The first kappa shape index (κ1) is 21.2. The number of benzene rings is 2. The number of likely N-dealkylation sites (tertiary alicyclic amines) is 1. The first-order chi connectivity index (χ1) is 14.5. The minimum absolute atomic E-state index is 0.135. The smallest absolute Gasteiger partial charge is 0.253 e. The normalized spacial score (nSPS) is 18.6. The fourth-order valence-electron chi connectivity index (χ4n) is 4.49. The predicted molar refractivity (Wildman–Crippen MR) is 124 cm³/mol. The summed E-state index contributed by atoms with van der Waals surface area (Å²) in [5, 5.41) is 0.758. The van der Waals surface area contributed by atoms with Gasteiger partial charge in [0.2, 0.25) is 0 Å². The van der Waals surface area contributed by atoms with Gasteiger partial charge < -0.3 is 9.80 Å². The molecule has 2 aromatic rings. The molecule has 0 radical (unpaired) electrons. The first-order valence-corrected chi connectivity index (χ1v) is 11.5. The molecule has 0 saturated carbocycles. The average molecular weight is 426 g/mol. The van der Waals surface area contributed by atoms with Crippen molar-refractivity contribution in [1.82, 2.24) is 9.80 Å². The Labute approximate surface area is 185 Å². The van der Waals surface area contributed by atoms with Crippen LogP contribution in [0.15, 0.2) is 42.5 Å². The number of aryl methyl sites for hydroxylation is 1. The van der Waals surface area contributed by atoms with Crippen molar-refractivity contribution in [1.29, 1.82) is 0 Å². The quantitative estimate of drug-likeness (QED) is 0.701. The van der Waals surface area contributed by atoms with E-state index >= 15 is 0 Å². The van der Waals surface area contributed by atoms with E-state index in [2.05, 4.69) is 41.8 Å². The molecule has 2 aromatic carbocycles. The summed E-state index contributed by atoms with van der Waals surface area (Å²) in [4.78, 5) is 19.8. The van der Waals surface area contributed by atoms with Crippen LogP contribution in [0.1, 0.15) is 41.3 Å². The van der Waals surface area contributed by atoms with Gasteiger partial charge in [0.25, 0.3) is 5.91 Å². The highest BCUT2D eigenvalue weighted by Crippen LogP contribution is 2.26. The van der Waals surface area contributed by atoms with E-state index in [1.165, 1.54) is 42.7 Å². The maximum absolute atomic E-state index is 13.0. The van der Waals surface area contributed by atoms with Gasteiger partial charge in [-0.3, -0.25) is 9.69 Å². The molecule has 2 aliphatic heterocycles. The molecule has 2 aliphatic rings. The zero-order valence-corrected chi connectivity index (χ0v) is 18.9. The standard InChI is InChI=1S/C25H32ClN3O/c1-19-9-11-27(12-10-19)18-21-4-6-22(7-5-21)25(30)29-15-13-28(14-16-29)24-17-23(26)8-3-20(24)2/h3-8,17,19H,9-16,18H2,1-2H3. The van der Waals surface area contributed by atoms with E-state index in [1.807, 2.05) is 29.2 Å². The van der Waals surface area contributed by atoms with E-state index in [1.54, 1.807) is 0 Å². The third-order valence-corrected chi connectivity index (χ3v) is 6.80. The summed E-state index contributed by atoms with van der Waals surface area (Å²) >= 11 is 6.18. The van der Waals surface area contributed by atoms with E-state index in [-0.39, 0.29) is 5.91 Å². The van der Waals surface area contributed by atoms with Crippen LogP contribution in [0.4, 0.5) is 5.69 Å². The molecule has 4 rings (SSSR count). The molecule has 160 valence electrons. The highest BCUT2D eigenvalue weighted by atomic mass is 35.5. The van der Waals surface area contributed by atoms with Gasteiger partial charge in [0.15, 0.2) is 0 Å². The van der Waals surface area contributed by atoms with Gasteiger partial charge in [-0.25, -0.2) is 0 Å². The lowest BCUT2D eigenvalue weighted by atomic mass is 9.99. The highest BCUT2D eigenvalue weighted by Gasteiger charge is 2.23. The van der Waals surface area contributed by atoms with Crippen molar-refractivity contribution in [3.63, 3.8) is 0 Å². The third-order valence-electron chi connectivity index (χ3n) is 6.56. The molecule has 2 fully saturated rings. The Morgan fingerprint density at radius 1 is 0.967 bits per heavy atom. The van der Waals surface area contributed by atoms with E-state index in [0.717, 1.165) is 49.2 Å². The molecule has 0 atom stereocenters. The van der Waals surface area contributed by atoms with Crippen molar-refractivity contribution >= 4 is 23.2 Å². The van der Waals surface area contributed by atoms with E-state index in [0.29, 0.717) is 0 Å². The minimum Gasteiger partial charge on any atom is -0.368 e. The van der Waals surface area contributed by atoms with Crippen molar-refractivity contribution in [2.24, 2.45) is 5.92 Å². The lowest BCUT2D eigenvalue weighted by Gasteiger charge is -2.37. The molecule has 5 heteroatoms. The summed E-state index contributed by atoms with van der Waals surface area (Å²) in [6.07, 6.45) is 2.58. The minimum atomic E-state index is 0.135. The van der Waals surface area contributed by atoms with Gasteiger partial charge in [0.05, 0.1) is 0 Å². The Morgan fingerprint density at radius 3 is 2.30 bits per heavy atom. The van der Waals surface area contributed by atoms with Gasteiger partial charge in [0, 0.05) is 49.0 Å². The largest absolute Gasteiger partial charge is 0.368 e. The molecule has 2 heterocycles. The number of anilines is 1. The number of hydrogen-bond donors (Lipinski definition) is 0. The number of amides is 1. The van der Waals surface area contributed by atoms with E-state index in [4.69, 9.17) is 11.6 Å². The zero-order chi connectivity index (χ0) is 21.1. The van der Waals surface area contributed by atoms with Crippen molar-refractivity contribution in [2.45, 2.75) is 33.2 Å². The Balaban J connectivity index is 1.32. The van der Waals surface area contributed by atoms with E-state index in [9.17, 15) is 4.79 Å².